The van der Waals surface area contributed by atoms with Crippen molar-refractivity contribution >= 4 is 11.9 Å². The second kappa shape index (κ2) is 7.23. The minimum Gasteiger partial charge on any atom is -0.481 e. The highest BCUT2D eigenvalue weighted by Gasteiger charge is 2.42. The fourth-order valence-electron chi connectivity index (χ4n) is 2.22. The topological polar surface area (TPSA) is 89.6 Å². The van der Waals surface area contributed by atoms with Crippen molar-refractivity contribution in [3.8, 4) is 0 Å². The van der Waals surface area contributed by atoms with Gasteiger partial charge in [0.25, 0.3) is 0 Å². The fourth-order valence-corrected chi connectivity index (χ4v) is 2.22. The van der Waals surface area contributed by atoms with E-state index in [9.17, 15) is 27.9 Å². The predicted octanol–water partition coefficient (Wildman–Crippen LogP) is 3.45. The molecule has 0 spiro atoms. The van der Waals surface area contributed by atoms with Gasteiger partial charge >= 0.3 is 18.1 Å². The molecule has 0 aliphatic carbocycles. The normalized spacial score (nSPS) is 15.0. The Morgan fingerprint density at radius 1 is 1.33 bits per heavy atom. The van der Waals surface area contributed by atoms with Crippen LogP contribution >= 0.6 is 0 Å². The summed E-state index contributed by atoms with van der Waals surface area (Å²) in [5.41, 5.74) is -0.587. The van der Waals surface area contributed by atoms with Crippen molar-refractivity contribution < 1.29 is 37.1 Å². The molecule has 2 atom stereocenters. The largest absolute Gasteiger partial charge is 0.481 e. The molecule has 136 valence electrons. The first-order chi connectivity index (χ1) is 10.8. The molecule has 9 heteroatoms. The van der Waals surface area contributed by atoms with Crippen LogP contribution in [0.1, 0.15) is 50.8 Å². The first-order valence-corrected chi connectivity index (χ1v) is 7.25. The molecule has 24 heavy (non-hydrogen) atoms. The van der Waals surface area contributed by atoms with Gasteiger partial charge in [-0.1, -0.05) is 5.16 Å². The summed E-state index contributed by atoms with van der Waals surface area (Å²) in [6, 6.07) is 0. The molecule has 0 saturated heterocycles. The lowest BCUT2D eigenvalue weighted by molar-refractivity contribution is -0.165. The fraction of sp³-hybridized carbons (Fsp3) is 0.667. The van der Waals surface area contributed by atoms with E-state index in [4.69, 9.17) is 9.26 Å². The molecule has 0 aromatic carbocycles. The maximum atomic E-state index is 12.5. The van der Waals surface area contributed by atoms with Crippen LogP contribution in [0.25, 0.3) is 0 Å². The molecule has 1 heterocycles. The monoisotopic (exact) mass is 351 g/mol. The molecular formula is C15H20F3NO5. The standard InChI is InChI=1S/C15H20F3NO5/c1-8-10(7-23-19-8)11(13(22)24-14(2,3)4)9(12(20)21)5-6-15(16,17)18/h7,9,11H,5-6H2,1-4H3,(H,20,21)/t9-,11-/m1/s1. The van der Waals surface area contributed by atoms with Crippen molar-refractivity contribution in [2.75, 3.05) is 0 Å². The van der Waals surface area contributed by atoms with Gasteiger partial charge in [-0.25, -0.2) is 0 Å². The van der Waals surface area contributed by atoms with Crippen LogP contribution in [-0.4, -0.2) is 34.0 Å². The third kappa shape index (κ3) is 5.86. The van der Waals surface area contributed by atoms with Crippen LogP contribution in [0.15, 0.2) is 10.8 Å². The van der Waals surface area contributed by atoms with Gasteiger partial charge in [-0.05, 0) is 34.1 Å². The second-order valence-corrected chi connectivity index (χ2v) is 6.47. The van der Waals surface area contributed by atoms with E-state index in [2.05, 4.69) is 5.16 Å². The summed E-state index contributed by atoms with van der Waals surface area (Å²) >= 11 is 0. The highest BCUT2D eigenvalue weighted by atomic mass is 19.4. The van der Waals surface area contributed by atoms with E-state index in [1.807, 2.05) is 0 Å². The summed E-state index contributed by atoms with van der Waals surface area (Å²) in [7, 11) is 0. The number of aromatic nitrogens is 1. The number of carbonyl (C=O) groups excluding carboxylic acids is 1. The molecule has 0 fully saturated rings. The van der Waals surface area contributed by atoms with E-state index >= 15 is 0 Å². The smallest absolute Gasteiger partial charge is 0.389 e. The van der Waals surface area contributed by atoms with Gasteiger partial charge in [-0.15, -0.1) is 0 Å². The van der Waals surface area contributed by atoms with Gasteiger partial charge in [-0.2, -0.15) is 13.2 Å². The quantitative estimate of drug-likeness (QED) is 0.790. The lowest BCUT2D eigenvalue weighted by atomic mass is 9.83. The Balaban J connectivity index is 3.20. The minimum absolute atomic E-state index is 0.110. The number of hydrogen-bond donors (Lipinski definition) is 1. The molecule has 0 aliphatic rings. The molecule has 6 nitrogen and oxygen atoms in total. The molecule has 0 saturated carbocycles. The second-order valence-electron chi connectivity index (χ2n) is 6.47. The first kappa shape index (κ1) is 20.0. The SMILES string of the molecule is Cc1nocc1[C@H](C(=O)OC(C)(C)C)[C@@H](CCC(F)(F)F)C(=O)O. The number of carboxylic acid groups (broad SMARTS) is 1. The molecule has 0 unspecified atom stereocenters. The summed E-state index contributed by atoms with van der Waals surface area (Å²) in [4.78, 5) is 24.0. The lowest BCUT2D eigenvalue weighted by Gasteiger charge is -2.27. The molecule has 0 radical (unpaired) electrons. The average molecular weight is 351 g/mol. The van der Waals surface area contributed by atoms with Gasteiger partial charge in [0.1, 0.15) is 17.8 Å². The Labute approximate surface area is 137 Å². The maximum Gasteiger partial charge on any atom is 0.389 e. The van der Waals surface area contributed by atoms with Gasteiger partial charge in [0.15, 0.2) is 0 Å². The first-order valence-electron chi connectivity index (χ1n) is 7.25. The Hall–Kier alpha value is -2.06. The lowest BCUT2D eigenvalue weighted by Crippen LogP contribution is -2.35. The molecular weight excluding hydrogens is 331 g/mol. The molecule has 0 amide bonds. The van der Waals surface area contributed by atoms with Gasteiger partial charge < -0.3 is 14.4 Å². The molecule has 0 bridgehead atoms. The predicted molar refractivity (Wildman–Crippen MR) is 76.2 cm³/mol. The highest BCUT2D eigenvalue weighted by Crippen LogP contribution is 2.35. The number of rotatable bonds is 6. The molecule has 1 aromatic heterocycles. The number of ether oxygens (including phenoxy) is 1. The summed E-state index contributed by atoms with van der Waals surface area (Å²) in [5.74, 6) is -5.49. The number of alkyl halides is 3. The van der Waals surface area contributed by atoms with E-state index in [0.717, 1.165) is 6.26 Å². The molecule has 1 N–H and O–H groups in total. The summed E-state index contributed by atoms with van der Waals surface area (Å²) in [6.07, 6.45) is -5.55. The Morgan fingerprint density at radius 2 is 1.92 bits per heavy atom. The Kier molecular flexibility index (Phi) is 6.02. The number of carboxylic acids is 1. The Morgan fingerprint density at radius 3 is 2.29 bits per heavy atom. The number of carbonyl (C=O) groups is 2. The van der Waals surface area contributed by atoms with Crippen molar-refractivity contribution in [2.24, 2.45) is 5.92 Å². The number of halogens is 3. The third-order valence-electron chi connectivity index (χ3n) is 3.24. The van der Waals surface area contributed by atoms with E-state index in [0.29, 0.717) is 0 Å². The highest BCUT2D eigenvalue weighted by molar-refractivity contribution is 5.86. The number of aryl methyl sites for hydroxylation is 1. The summed E-state index contributed by atoms with van der Waals surface area (Å²) < 4.78 is 47.4. The van der Waals surface area contributed by atoms with Gasteiger partial charge in [-0.3, -0.25) is 9.59 Å². The van der Waals surface area contributed by atoms with Crippen molar-refractivity contribution in [3.63, 3.8) is 0 Å². The van der Waals surface area contributed by atoms with Crippen LogP contribution < -0.4 is 0 Å². The summed E-state index contributed by atoms with van der Waals surface area (Å²) in [5, 5.41) is 12.9. The number of hydrogen-bond acceptors (Lipinski definition) is 5. The van der Waals surface area contributed by atoms with Crippen LogP contribution in [0, 0.1) is 12.8 Å². The van der Waals surface area contributed by atoms with Crippen molar-refractivity contribution in [2.45, 2.75) is 58.2 Å². The van der Waals surface area contributed by atoms with Crippen molar-refractivity contribution in [1.29, 1.82) is 0 Å². The number of esters is 1. The van der Waals surface area contributed by atoms with Gasteiger partial charge in [0.2, 0.25) is 0 Å². The van der Waals surface area contributed by atoms with Crippen molar-refractivity contribution in [3.05, 3.63) is 17.5 Å². The zero-order valence-corrected chi connectivity index (χ0v) is 13.8. The van der Waals surface area contributed by atoms with Crippen LogP contribution in [-0.2, 0) is 14.3 Å². The van der Waals surface area contributed by atoms with E-state index in [-0.39, 0.29) is 11.3 Å². The number of aliphatic carboxylic acids is 1. The molecule has 0 aliphatic heterocycles. The van der Waals surface area contributed by atoms with E-state index in [1.165, 1.54) is 6.92 Å². The van der Waals surface area contributed by atoms with Crippen LogP contribution in [0.5, 0.6) is 0 Å². The van der Waals surface area contributed by atoms with Gasteiger partial charge in [0, 0.05) is 12.0 Å². The average Bonchev–Trinajstić information content (AvgIpc) is 2.76. The Bertz CT molecular complexity index is 589. The summed E-state index contributed by atoms with van der Waals surface area (Å²) in [6.45, 7) is 6.20. The molecule has 1 aromatic rings. The third-order valence-corrected chi connectivity index (χ3v) is 3.24. The maximum absolute atomic E-state index is 12.5. The van der Waals surface area contributed by atoms with Crippen LogP contribution in [0.4, 0.5) is 13.2 Å². The van der Waals surface area contributed by atoms with E-state index in [1.54, 1.807) is 20.8 Å². The van der Waals surface area contributed by atoms with Crippen LogP contribution in [0.2, 0.25) is 0 Å². The zero-order valence-electron chi connectivity index (χ0n) is 13.8. The molecule has 1 rings (SSSR count). The minimum atomic E-state index is -4.53. The van der Waals surface area contributed by atoms with Crippen LogP contribution in [0.3, 0.4) is 0 Å². The number of nitrogens with zero attached hydrogens (tertiary/aromatic N) is 1. The zero-order chi connectivity index (χ0) is 18.7. The van der Waals surface area contributed by atoms with Gasteiger partial charge in [0.05, 0.1) is 11.6 Å². The van der Waals surface area contributed by atoms with E-state index < -0.39 is 48.4 Å². The van der Waals surface area contributed by atoms with Crippen molar-refractivity contribution in [1.82, 2.24) is 5.16 Å².